The van der Waals surface area contributed by atoms with Crippen LogP contribution in [0.1, 0.15) is 24.1 Å². The number of thiophene rings is 1. The summed E-state index contributed by atoms with van der Waals surface area (Å²) in [6.07, 6.45) is 1.95. The van der Waals surface area contributed by atoms with Crippen molar-refractivity contribution in [2.45, 2.75) is 19.5 Å². The molecule has 0 saturated heterocycles. The number of rotatable bonds is 5. The van der Waals surface area contributed by atoms with Crippen molar-refractivity contribution in [3.8, 4) is 0 Å². The molecule has 2 aromatic heterocycles. The Bertz CT molecular complexity index is 464. The molecular formula is C14H19N3S. The monoisotopic (exact) mass is 261 g/mol. The Kier molecular flexibility index (Phi) is 4.33. The molecule has 0 aliphatic heterocycles. The highest BCUT2D eigenvalue weighted by Gasteiger charge is 2.06. The van der Waals surface area contributed by atoms with Gasteiger partial charge in [0.15, 0.2) is 0 Å². The molecule has 2 aromatic rings. The van der Waals surface area contributed by atoms with Gasteiger partial charge in [-0.3, -0.25) is 0 Å². The van der Waals surface area contributed by atoms with E-state index in [4.69, 9.17) is 0 Å². The lowest BCUT2D eigenvalue weighted by molar-refractivity contribution is 0.649. The molecule has 0 radical (unpaired) electrons. The molecule has 0 saturated carbocycles. The number of hydrogen-bond acceptors (Lipinski definition) is 4. The van der Waals surface area contributed by atoms with Crippen LogP contribution in [0.2, 0.25) is 0 Å². The first kappa shape index (κ1) is 13.1. The lowest BCUT2D eigenvalue weighted by Gasteiger charge is -2.18. The summed E-state index contributed by atoms with van der Waals surface area (Å²) >= 11 is 1.73. The average Bonchev–Trinajstić information content (AvgIpc) is 2.91. The highest BCUT2D eigenvalue weighted by Crippen LogP contribution is 2.17. The van der Waals surface area contributed by atoms with E-state index in [0.29, 0.717) is 6.04 Å². The number of nitrogens with zero attached hydrogens (tertiary/aromatic N) is 2. The molecule has 1 unspecified atom stereocenters. The fraction of sp³-hybridized carbons (Fsp3) is 0.357. The molecule has 0 amide bonds. The van der Waals surface area contributed by atoms with E-state index >= 15 is 0 Å². The average molecular weight is 261 g/mol. The van der Waals surface area contributed by atoms with Gasteiger partial charge < -0.3 is 10.2 Å². The van der Waals surface area contributed by atoms with Gasteiger partial charge in [0.05, 0.1) is 0 Å². The third kappa shape index (κ3) is 3.09. The molecule has 4 heteroatoms. The van der Waals surface area contributed by atoms with Gasteiger partial charge in [-0.25, -0.2) is 4.98 Å². The van der Waals surface area contributed by atoms with Crippen LogP contribution in [0.15, 0.2) is 35.2 Å². The zero-order valence-electron chi connectivity index (χ0n) is 11.1. The molecule has 0 aliphatic carbocycles. The van der Waals surface area contributed by atoms with Crippen LogP contribution in [0, 0.1) is 0 Å². The molecule has 1 atom stereocenters. The van der Waals surface area contributed by atoms with E-state index < -0.39 is 0 Å². The zero-order valence-corrected chi connectivity index (χ0v) is 11.9. The van der Waals surface area contributed by atoms with Crippen molar-refractivity contribution in [1.29, 1.82) is 0 Å². The summed E-state index contributed by atoms with van der Waals surface area (Å²) in [5.74, 6) is 1.01. The molecule has 2 heterocycles. The Morgan fingerprint density at radius 1 is 1.39 bits per heavy atom. The fourth-order valence-electron chi connectivity index (χ4n) is 1.78. The van der Waals surface area contributed by atoms with Crippen LogP contribution in [-0.4, -0.2) is 19.1 Å². The first-order chi connectivity index (χ1) is 8.70. The Morgan fingerprint density at radius 2 is 2.22 bits per heavy atom. The minimum atomic E-state index is 0.341. The molecule has 0 bridgehead atoms. The minimum absolute atomic E-state index is 0.341. The van der Waals surface area contributed by atoms with E-state index in [-0.39, 0.29) is 0 Å². The van der Waals surface area contributed by atoms with Crippen molar-refractivity contribution in [2.24, 2.45) is 0 Å². The Labute approximate surface area is 112 Å². The normalized spacial score (nSPS) is 12.4. The van der Waals surface area contributed by atoms with Gasteiger partial charge >= 0.3 is 0 Å². The molecule has 0 spiro atoms. The summed E-state index contributed by atoms with van der Waals surface area (Å²) in [5, 5.41) is 7.49. The first-order valence-corrected chi connectivity index (χ1v) is 7.00. The number of pyridine rings is 1. The third-order valence-corrected chi connectivity index (χ3v) is 3.83. The van der Waals surface area contributed by atoms with E-state index in [9.17, 15) is 0 Å². The van der Waals surface area contributed by atoms with Gasteiger partial charge in [0.2, 0.25) is 0 Å². The maximum absolute atomic E-state index is 4.52. The van der Waals surface area contributed by atoms with E-state index in [0.717, 1.165) is 12.4 Å². The van der Waals surface area contributed by atoms with Crippen molar-refractivity contribution in [3.63, 3.8) is 0 Å². The second-order valence-electron chi connectivity index (χ2n) is 4.45. The van der Waals surface area contributed by atoms with Gasteiger partial charge in [-0.1, -0.05) is 6.07 Å². The summed E-state index contributed by atoms with van der Waals surface area (Å²) in [6.45, 7) is 3.03. The largest absolute Gasteiger partial charge is 0.355 e. The molecule has 2 rings (SSSR count). The predicted octanol–water partition coefficient (Wildman–Crippen LogP) is 3.06. The lowest BCUT2D eigenvalue weighted by atomic mass is 10.1. The van der Waals surface area contributed by atoms with Gasteiger partial charge in [-0.15, -0.1) is 0 Å². The predicted molar refractivity (Wildman–Crippen MR) is 78.1 cm³/mol. The van der Waals surface area contributed by atoms with Crippen molar-refractivity contribution in [1.82, 2.24) is 10.3 Å². The zero-order chi connectivity index (χ0) is 13.0. The lowest BCUT2D eigenvalue weighted by Crippen LogP contribution is -2.18. The SMILES string of the molecule is CNC(C)c1ccc(N(C)Cc2ccsc2)nc1. The van der Waals surface area contributed by atoms with Crippen LogP contribution in [-0.2, 0) is 6.54 Å². The quantitative estimate of drug-likeness (QED) is 0.896. The van der Waals surface area contributed by atoms with Crippen molar-refractivity contribution in [3.05, 3.63) is 46.3 Å². The third-order valence-electron chi connectivity index (χ3n) is 3.09. The van der Waals surface area contributed by atoms with Crippen LogP contribution in [0.5, 0.6) is 0 Å². The topological polar surface area (TPSA) is 28.2 Å². The Morgan fingerprint density at radius 3 is 2.78 bits per heavy atom. The van der Waals surface area contributed by atoms with Crippen LogP contribution in [0.3, 0.4) is 0 Å². The summed E-state index contributed by atoms with van der Waals surface area (Å²) in [7, 11) is 4.03. The first-order valence-electron chi connectivity index (χ1n) is 6.06. The van der Waals surface area contributed by atoms with E-state index in [1.807, 2.05) is 13.2 Å². The maximum atomic E-state index is 4.52. The molecule has 0 aromatic carbocycles. The highest BCUT2D eigenvalue weighted by molar-refractivity contribution is 7.07. The molecule has 1 N–H and O–H groups in total. The van der Waals surface area contributed by atoms with Crippen molar-refractivity contribution >= 4 is 17.2 Å². The Hall–Kier alpha value is -1.39. The smallest absolute Gasteiger partial charge is 0.128 e. The maximum Gasteiger partial charge on any atom is 0.128 e. The number of anilines is 1. The van der Waals surface area contributed by atoms with E-state index in [2.05, 4.69) is 58.1 Å². The van der Waals surface area contributed by atoms with Crippen LogP contribution < -0.4 is 10.2 Å². The van der Waals surface area contributed by atoms with Gasteiger partial charge in [0, 0.05) is 25.8 Å². The standard InChI is InChI=1S/C14H19N3S/c1-11(15-2)13-4-5-14(16-8-13)17(3)9-12-6-7-18-10-12/h4-8,10-11,15H,9H2,1-3H3. The van der Waals surface area contributed by atoms with Crippen molar-refractivity contribution < 1.29 is 0 Å². The van der Waals surface area contributed by atoms with Gasteiger partial charge in [-0.05, 0) is 48.0 Å². The number of aromatic nitrogens is 1. The van der Waals surface area contributed by atoms with Crippen molar-refractivity contribution in [2.75, 3.05) is 19.0 Å². The van der Waals surface area contributed by atoms with Gasteiger partial charge in [0.25, 0.3) is 0 Å². The summed E-state index contributed by atoms with van der Waals surface area (Å²) < 4.78 is 0. The fourth-order valence-corrected chi connectivity index (χ4v) is 2.44. The van der Waals surface area contributed by atoms with E-state index in [1.54, 1.807) is 11.3 Å². The molecular weight excluding hydrogens is 242 g/mol. The molecule has 96 valence electrons. The highest BCUT2D eigenvalue weighted by atomic mass is 32.1. The molecule has 0 fully saturated rings. The van der Waals surface area contributed by atoms with Crippen LogP contribution >= 0.6 is 11.3 Å². The minimum Gasteiger partial charge on any atom is -0.355 e. The summed E-state index contributed by atoms with van der Waals surface area (Å²) in [4.78, 5) is 6.68. The summed E-state index contributed by atoms with van der Waals surface area (Å²) in [6, 6.07) is 6.70. The second kappa shape index (κ2) is 5.98. The molecule has 18 heavy (non-hydrogen) atoms. The number of nitrogens with one attached hydrogen (secondary N) is 1. The molecule has 0 aliphatic rings. The second-order valence-corrected chi connectivity index (χ2v) is 5.23. The van der Waals surface area contributed by atoms with E-state index in [1.165, 1.54) is 11.1 Å². The van der Waals surface area contributed by atoms with Crippen LogP contribution in [0.25, 0.3) is 0 Å². The van der Waals surface area contributed by atoms with Gasteiger partial charge in [0.1, 0.15) is 5.82 Å². The summed E-state index contributed by atoms with van der Waals surface area (Å²) in [5.41, 5.74) is 2.54. The van der Waals surface area contributed by atoms with Crippen LogP contribution in [0.4, 0.5) is 5.82 Å². The molecule has 3 nitrogen and oxygen atoms in total. The van der Waals surface area contributed by atoms with Gasteiger partial charge in [-0.2, -0.15) is 11.3 Å². The Balaban J connectivity index is 2.04. The number of hydrogen-bond donors (Lipinski definition) is 1.